The van der Waals surface area contributed by atoms with Gasteiger partial charge in [-0.05, 0) is 63.8 Å². The molecule has 0 radical (unpaired) electrons. The van der Waals surface area contributed by atoms with Crippen molar-refractivity contribution in [1.29, 1.82) is 0 Å². The molecule has 3 atom stereocenters. The molecule has 4 rings (SSSR count). The number of carbonyl (C=O) groups is 2. The minimum atomic E-state index is -0.561. The standard InChI is InChI=1S/C21H26N2O4/c1-21(2,3)27-20(25)23-11-14-17-12(7-6-8-15(17)23)9-13-10-16(19(24)26-5)22(4)18(13)14/h6-8,11,13,16,18H,9-10H2,1-5H3. The predicted octanol–water partition coefficient (Wildman–Crippen LogP) is 3.52. The molecular weight excluding hydrogens is 344 g/mol. The van der Waals surface area contributed by atoms with Gasteiger partial charge in [-0.1, -0.05) is 12.1 Å². The minimum Gasteiger partial charge on any atom is -0.468 e. The topological polar surface area (TPSA) is 60.8 Å². The van der Waals surface area contributed by atoms with E-state index in [0.29, 0.717) is 5.92 Å². The second kappa shape index (κ2) is 6.09. The molecule has 2 aromatic rings. The number of likely N-dealkylation sites (N-methyl/N-ethyl adjacent to an activating group) is 1. The van der Waals surface area contributed by atoms with Crippen molar-refractivity contribution in [3.8, 4) is 0 Å². The first-order valence-corrected chi connectivity index (χ1v) is 9.37. The van der Waals surface area contributed by atoms with Crippen LogP contribution < -0.4 is 0 Å². The molecule has 1 aliphatic carbocycles. The number of hydrogen-bond acceptors (Lipinski definition) is 5. The molecule has 3 unspecified atom stereocenters. The quantitative estimate of drug-likeness (QED) is 0.719. The van der Waals surface area contributed by atoms with E-state index in [0.717, 1.165) is 29.3 Å². The lowest BCUT2D eigenvalue weighted by Crippen LogP contribution is -2.35. The first kappa shape index (κ1) is 18.0. The highest BCUT2D eigenvalue weighted by molar-refractivity contribution is 5.95. The van der Waals surface area contributed by atoms with Crippen molar-refractivity contribution in [2.75, 3.05) is 14.2 Å². The maximum atomic E-state index is 12.8. The SMILES string of the molecule is COC(=O)C1CC2Cc3cccc4c3c(cn4C(=O)OC(C)(C)C)C2N1C. The zero-order chi connectivity index (χ0) is 19.5. The fourth-order valence-corrected chi connectivity index (χ4v) is 4.71. The van der Waals surface area contributed by atoms with Crippen LogP contribution in [0.3, 0.4) is 0 Å². The van der Waals surface area contributed by atoms with Gasteiger partial charge < -0.3 is 9.47 Å². The number of hydrogen-bond donors (Lipinski definition) is 0. The highest BCUT2D eigenvalue weighted by Crippen LogP contribution is 2.49. The van der Waals surface area contributed by atoms with Gasteiger partial charge >= 0.3 is 12.1 Å². The number of fused-ring (bicyclic) bond motifs is 2. The Bertz CT molecular complexity index is 924. The minimum absolute atomic E-state index is 0.0928. The summed E-state index contributed by atoms with van der Waals surface area (Å²) in [5.41, 5.74) is 2.63. The first-order valence-electron chi connectivity index (χ1n) is 9.37. The Morgan fingerprint density at radius 3 is 2.63 bits per heavy atom. The van der Waals surface area contributed by atoms with Crippen molar-refractivity contribution in [2.45, 2.75) is 51.3 Å². The number of aromatic nitrogens is 1. The summed E-state index contributed by atoms with van der Waals surface area (Å²) in [7, 11) is 3.40. The third kappa shape index (κ3) is 2.83. The van der Waals surface area contributed by atoms with E-state index in [-0.39, 0.29) is 24.1 Å². The van der Waals surface area contributed by atoms with Crippen LogP contribution in [0.2, 0.25) is 0 Å². The average Bonchev–Trinajstić information content (AvgIpc) is 3.13. The zero-order valence-electron chi connectivity index (χ0n) is 16.5. The summed E-state index contributed by atoms with van der Waals surface area (Å²) in [6.07, 6.45) is 3.18. The van der Waals surface area contributed by atoms with Crippen molar-refractivity contribution >= 4 is 23.0 Å². The number of esters is 1. The Balaban J connectivity index is 1.81. The van der Waals surface area contributed by atoms with Crippen LogP contribution in [-0.2, 0) is 20.7 Å². The molecular formula is C21H26N2O4. The summed E-state index contributed by atoms with van der Waals surface area (Å²) in [6, 6.07) is 5.90. The summed E-state index contributed by atoms with van der Waals surface area (Å²) in [5, 5.41) is 1.11. The van der Waals surface area contributed by atoms with Crippen molar-refractivity contribution in [3.05, 3.63) is 35.5 Å². The normalized spacial score (nSPS) is 24.7. The molecule has 1 aliphatic heterocycles. The van der Waals surface area contributed by atoms with Crippen LogP contribution >= 0.6 is 0 Å². The zero-order valence-corrected chi connectivity index (χ0v) is 16.5. The van der Waals surface area contributed by atoms with E-state index in [1.54, 1.807) is 4.57 Å². The molecule has 1 aromatic carbocycles. The van der Waals surface area contributed by atoms with Crippen LogP contribution in [0, 0.1) is 5.92 Å². The van der Waals surface area contributed by atoms with Crippen LogP contribution in [0.5, 0.6) is 0 Å². The molecule has 6 nitrogen and oxygen atoms in total. The molecule has 2 heterocycles. The summed E-state index contributed by atoms with van der Waals surface area (Å²) >= 11 is 0. The molecule has 1 saturated heterocycles. The Kier molecular flexibility index (Phi) is 4.07. The first-order chi connectivity index (χ1) is 12.7. The molecule has 6 heteroatoms. The van der Waals surface area contributed by atoms with Gasteiger partial charge in [-0.15, -0.1) is 0 Å². The molecule has 1 fully saturated rings. The highest BCUT2D eigenvalue weighted by atomic mass is 16.6. The smallest absolute Gasteiger partial charge is 0.419 e. The maximum Gasteiger partial charge on any atom is 0.419 e. The van der Waals surface area contributed by atoms with Gasteiger partial charge in [0, 0.05) is 17.6 Å². The van der Waals surface area contributed by atoms with Crippen LogP contribution in [0.15, 0.2) is 24.4 Å². The highest BCUT2D eigenvalue weighted by Gasteiger charge is 2.47. The molecule has 0 saturated carbocycles. The number of methoxy groups -OCH3 is 1. The van der Waals surface area contributed by atoms with Gasteiger partial charge in [0.25, 0.3) is 0 Å². The van der Waals surface area contributed by atoms with Crippen molar-refractivity contribution < 1.29 is 19.1 Å². The molecule has 2 aliphatic rings. The molecule has 27 heavy (non-hydrogen) atoms. The number of nitrogens with zero attached hydrogens (tertiary/aromatic N) is 2. The molecule has 0 spiro atoms. The van der Waals surface area contributed by atoms with Gasteiger partial charge in [0.15, 0.2) is 0 Å². The third-order valence-corrected chi connectivity index (χ3v) is 5.71. The Morgan fingerprint density at radius 2 is 1.96 bits per heavy atom. The molecule has 144 valence electrons. The number of benzene rings is 1. The van der Waals surface area contributed by atoms with Gasteiger partial charge in [-0.3, -0.25) is 14.3 Å². The molecule has 0 amide bonds. The summed E-state index contributed by atoms with van der Waals surface area (Å²) in [5.74, 6) is 0.130. The number of likely N-dealkylation sites (tertiary alicyclic amines) is 1. The number of carbonyl (C=O) groups excluding carboxylic acids is 2. The van der Waals surface area contributed by atoms with Crippen molar-refractivity contribution in [2.24, 2.45) is 5.92 Å². The van der Waals surface area contributed by atoms with Gasteiger partial charge in [-0.2, -0.15) is 0 Å². The van der Waals surface area contributed by atoms with Gasteiger partial charge in [0.2, 0.25) is 0 Å². The fraction of sp³-hybridized carbons (Fsp3) is 0.524. The summed E-state index contributed by atoms with van der Waals surface area (Å²) < 4.78 is 12.2. The van der Waals surface area contributed by atoms with E-state index in [4.69, 9.17) is 9.47 Å². The van der Waals surface area contributed by atoms with Gasteiger partial charge in [0.1, 0.15) is 11.6 Å². The van der Waals surface area contributed by atoms with E-state index in [1.165, 1.54) is 12.7 Å². The van der Waals surface area contributed by atoms with Gasteiger partial charge in [0.05, 0.1) is 12.6 Å². The molecule has 1 aromatic heterocycles. The number of ether oxygens (including phenoxy) is 2. The second-order valence-electron chi connectivity index (χ2n) is 8.60. The summed E-state index contributed by atoms with van der Waals surface area (Å²) in [6.45, 7) is 5.59. The monoisotopic (exact) mass is 370 g/mol. The second-order valence-corrected chi connectivity index (χ2v) is 8.60. The average molecular weight is 370 g/mol. The Morgan fingerprint density at radius 1 is 1.22 bits per heavy atom. The third-order valence-electron chi connectivity index (χ3n) is 5.71. The van der Waals surface area contributed by atoms with E-state index < -0.39 is 5.60 Å². The fourth-order valence-electron chi connectivity index (χ4n) is 4.71. The van der Waals surface area contributed by atoms with Crippen LogP contribution in [0.25, 0.3) is 10.9 Å². The lowest BCUT2D eigenvalue weighted by atomic mass is 9.81. The summed E-state index contributed by atoms with van der Waals surface area (Å²) in [4.78, 5) is 27.1. The molecule has 0 bridgehead atoms. The van der Waals surface area contributed by atoms with Crippen molar-refractivity contribution in [1.82, 2.24) is 9.47 Å². The Labute approximate surface area is 159 Å². The van der Waals surface area contributed by atoms with E-state index >= 15 is 0 Å². The van der Waals surface area contributed by atoms with Crippen LogP contribution in [0.4, 0.5) is 4.79 Å². The number of rotatable bonds is 1. The van der Waals surface area contributed by atoms with E-state index in [1.807, 2.05) is 46.1 Å². The molecule has 0 N–H and O–H groups in total. The van der Waals surface area contributed by atoms with Crippen LogP contribution in [-0.4, -0.2) is 47.3 Å². The Hall–Kier alpha value is -2.34. The van der Waals surface area contributed by atoms with Crippen molar-refractivity contribution in [3.63, 3.8) is 0 Å². The largest absolute Gasteiger partial charge is 0.468 e. The van der Waals surface area contributed by atoms with E-state index in [2.05, 4.69) is 11.0 Å². The van der Waals surface area contributed by atoms with E-state index in [9.17, 15) is 9.59 Å². The lowest BCUT2D eigenvalue weighted by Gasteiger charge is -2.30. The van der Waals surface area contributed by atoms with Gasteiger partial charge in [-0.25, -0.2) is 4.79 Å². The predicted molar refractivity (Wildman–Crippen MR) is 102 cm³/mol. The van der Waals surface area contributed by atoms with Crippen LogP contribution in [0.1, 0.15) is 44.4 Å². The lowest BCUT2D eigenvalue weighted by molar-refractivity contribution is -0.145. The maximum absolute atomic E-state index is 12.8.